The van der Waals surface area contributed by atoms with Gasteiger partial charge in [-0.2, -0.15) is 0 Å². The van der Waals surface area contributed by atoms with Crippen molar-refractivity contribution in [1.82, 2.24) is 5.32 Å². The zero-order chi connectivity index (χ0) is 8.77. The fraction of sp³-hybridized carbons (Fsp3) is 0.889. The van der Waals surface area contributed by atoms with E-state index in [0.717, 1.165) is 12.8 Å². The maximum atomic E-state index is 10.9. The number of nitrogens with one attached hydrogen (secondary N) is 1. The van der Waals surface area contributed by atoms with Crippen LogP contribution < -0.4 is 5.32 Å². The molecule has 12 heavy (non-hydrogen) atoms. The molecule has 1 N–H and O–H groups in total. The van der Waals surface area contributed by atoms with Crippen LogP contribution >= 0.6 is 0 Å². The summed E-state index contributed by atoms with van der Waals surface area (Å²) >= 11 is 0. The molecule has 0 bridgehead atoms. The average Bonchev–Trinajstić information content (AvgIpc) is 2.26. The van der Waals surface area contributed by atoms with Gasteiger partial charge >= 0.3 is 6.09 Å². The predicted molar refractivity (Wildman–Crippen MR) is 44.8 cm³/mol. The Morgan fingerprint density at radius 2 is 2.33 bits per heavy atom. The van der Waals surface area contributed by atoms with Gasteiger partial charge in [-0.25, -0.2) is 4.79 Å². The van der Waals surface area contributed by atoms with Crippen molar-refractivity contribution in [3.05, 3.63) is 0 Å². The molecule has 0 radical (unpaired) electrons. The van der Waals surface area contributed by atoms with Gasteiger partial charge < -0.3 is 10.1 Å². The number of ether oxygens (including phenoxy) is 1. The fourth-order valence-electron chi connectivity index (χ4n) is 2.13. The molecular formula is C9H15NO2. The number of fused-ring (bicyclic) bond motifs is 1. The molecule has 1 saturated heterocycles. The van der Waals surface area contributed by atoms with Gasteiger partial charge in [-0.15, -0.1) is 0 Å². The molecular weight excluding hydrogens is 154 g/mol. The molecule has 1 aliphatic heterocycles. The van der Waals surface area contributed by atoms with Crippen molar-refractivity contribution in [1.29, 1.82) is 0 Å². The molecule has 2 rings (SSSR count). The maximum Gasteiger partial charge on any atom is 0.407 e. The van der Waals surface area contributed by atoms with Crippen LogP contribution in [0.2, 0.25) is 0 Å². The summed E-state index contributed by atoms with van der Waals surface area (Å²) in [5.74, 6) is 0. The Labute approximate surface area is 72.5 Å². The summed E-state index contributed by atoms with van der Waals surface area (Å²) in [7, 11) is 0. The van der Waals surface area contributed by atoms with E-state index in [1.54, 1.807) is 0 Å². The Balaban J connectivity index is 2.06. The molecule has 1 amide bonds. The lowest BCUT2D eigenvalue weighted by atomic mass is 9.74. The van der Waals surface area contributed by atoms with Crippen LogP contribution in [0.5, 0.6) is 0 Å². The second kappa shape index (κ2) is 2.38. The number of carbonyl (C=O) groups excluding carboxylic acids is 1. The topological polar surface area (TPSA) is 38.3 Å². The highest BCUT2D eigenvalue weighted by Crippen LogP contribution is 2.38. The zero-order valence-electron chi connectivity index (χ0n) is 7.59. The molecule has 1 heterocycles. The van der Waals surface area contributed by atoms with E-state index >= 15 is 0 Å². The van der Waals surface area contributed by atoms with E-state index in [0.29, 0.717) is 5.41 Å². The Morgan fingerprint density at radius 3 is 3.08 bits per heavy atom. The summed E-state index contributed by atoms with van der Waals surface area (Å²) in [5.41, 5.74) is 0.341. The summed E-state index contributed by atoms with van der Waals surface area (Å²) < 4.78 is 5.15. The average molecular weight is 169 g/mol. The summed E-state index contributed by atoms with van der Waals surface area (Å²) in [4.78, 5) is 10.9. The summed E-state index contributed by atoms with van der Waals surface area (Å²) in [6.45, 7) is 4.46. The third kappa shape index (κ3) is 1.28. The monoisotopic (exact) mass is 169 g/mol. The van der Waals surface area contributed by atoms with Crippen LogP contribution in [0.4, 0.5) is 4.79 Å². The van der Waals surface area contributed by atoms with Crippen molar-refractivity contribution in [3.8, 4) is 0 Å². The van der Waals surface area contributed by atoms with E-state index in [1.165, 1.54) is 6.42 Å². The van der Waals surface area contributed by atoms with E-state index in [-0.39, 0.29) is 18.2 Å². The minimum absolute atomic E-state index is 0.126. The first-order valence-electron chi connectivity index (χ1n) is 4.54. The van der Waals surface area contributed by atoms with Gasteiger partial charge in [0.1, 0.15) is 6.10 Å². The smallest absolute Gasteiger partial charge is 0.407 e. The zero-order valence-corrected chi connectivity index (χ0v) is 7.59. The van der Waals surface area contributed by atoms with Crippen molar-refractivity contribution in [2.75, 3.05) is 0 Å². The van der Waals surface area contributed by atoms with E-state index in [2.05, 4.69) is 19.2 Å². The van der Waals surface area contributed by atoms with E-state index in [9.17, 15) is 4.79 Å². The van der Waals surface area contributed by atoms with Gasteiger partial charge in [-0.05, 0) is 24.7 Å². The first kappa shape index (κ1) is 7.90. The second-order valence-corrected chi connectivity index (χ2v) is 4.60. The standard InChI is InChI=1S/C9H15NO2/c1-9(2)4-3-6-7(5-9)12-8(11)10-6/h6-7H,3-5H2,1-2H3,(H,10,11)/t6-,7+/m0/s1. The van der Waals surface area contributed by atoms with Gasteiger partial charge in [0.05, 0.1) is 6.04 Å². The quantitative estimate of drug-likeness (QED) is 0.599. The number of alkyl carbamates (subject to hydrolysis) is 1. The van der Waals surface area contributed by atoms with Crippen molar-refractivity contribution in [2.24, 2.45) is 5.41 Å². The largest absolute Gasteiger partial charge is 0.444 e. The third-order valence-corrected chi connectivity index (χ3v) is 2.90. The first-order chi connectivity index (χ1) is 5.57. The second-order valence-electron chi connectivity index (χ2n) is 4.60. The van der Waals surface area contributed by atoms with Gasteiger partial charge in [-0.1, -0.05) is 13.8 Å². The van der Waals surface area contributed by atoms with Crippen molar-refractivity contribution >= 4 is 6.09 Å². The minimum Gasteiger partial charge on any atom is -0.444 e. The summed E-state index contributed by atoms with van der Waals surface area (Å²) in [6.07, 6.45) is 3.13. The number of hydrogen-bond acceptors (Lipinski definition) is 2. The molecule has 1 aliphatic carbocycles. The third-order valence-electron chi connectivity index (χ3n) is 2.90. The van der Waals surface area contributed by atoms with Crippen LogP contribution in [-0.2, 0) is 4.74 Å². The molecule has 0 unspecified atom stereocenters. The Hall–Kier alpha value is -0.730. The number of amides is 1. The Morgan fingerprint density at radius 1 is 1.58 bits per heavy atom. The Kier molecular flexibility index (Phi) is 1.56. The molecule has 0 aromatic heterocycles. The first-order valence-corrected chi connectivity index (χ1v) is 4.54. The number of carbonyl (C=O) groups is 1. The van der Waals surface area contributed by atoms with Crippen LogP contribution in [0.3, 0.4) is 0 Å². The van der Waals surface area contributed by atoms with Crippen LogP contribution in [-0.4, -0.2) is 18.2 Å². The van der Waals surface area contributed by atoms with Crippen molar-refractivity contribution in [3.63, 3.8) is 0 Å². The lowest BCUT2D eigenvalue weighted by Crippen LogP contribution is -2.39. The van der Waals surface area contributed by atoms with Gasteiger partial charge in [0.15, 0.2) is 0 Å². The van der Waals surface area contributed by atoms with Crippen LogP contribution in [0.25, 0.3) is 0 Å². The lowest BCUT2D eigenvalue weighted by Gasteiger charge is -2.35. The molecule has 0 spiro atoms. The molecule has 3 heteroatoms. The van der Waals surface area contributed by atoms with Crippen LogP contribution in [0.1, 0.15) is 33.1 Å². The fourth-order valence-corrected chi connectivity index (χ4v) is 2.13. The van der Waals surface area contributed by atoms with Gasteiger partial charge in [0.2, 0.25) is 0 Å². The molecule has 68 valence electrons. The molecule has 0 aromatic carbocycles. The van der Waals surface area contributed by atoms with Gasteiger partial charge in [0.25, 0.3) is 0 Å². The lowest BCUT2D eigenvalue weighted by molar-refractivity contribution is 0.0664. The van der Waals surface area contributed by atoms with Crippen molar-refractivity contribution in [2.45, 2.75) is 45.3 Å². The predicted octanol–water partition coefficient (Wildman–Crippen LogP) is 1.67. The van der Waals surface area contributed by atoms with Crippen LogP contribution in [0.15, 0.2) is 0 Å². The number of hydrogen-bond donors (Lipinski definition) is 1. The number of rotatable bonds is 0. The molecule has 2 atom stereocenters. The van der Waals surface area contributed by atoms with Crippen LogP contribution in [0, 0.1) is 5.41 Å². The van der Waals surface area contributed by atoms with E-state index < -0.39 is 0 Å². The highest BCUT2D eigenvalue weighted by Gasteiger charge is 2.41. The summed E-state index contributed by atoms with van der Waals surface area (Å²) in [5, 5.41) is 2.83. The van der Waals surface area contributed by atoms with E-state index in [4.69, 9.17) is 4.74 Å². The van der Waals surface area contributed by atoms with Gasteiger partial charge in [0, 0.05) is 0 Å². The molecule has 3 nitrogen and oxygen atoms in total. The SMILES string of the molecule is CC1(C)CC[C@@H]2NC(=O)O[C@@H]2C1. The van der Waals surface area contributed by atoms with E-state index in [1.807, 2.05) is 0 Å². The molecule has 0 aromatic rings. The maximum absolute atomic E-state index is 10.9. The normalized spacial score (nSPS) is 38.3. The minimum atomic E-state index is -0.234. The molecule has 1 saturated carbocycles. The van der Waals surface area contributed by atoms with Crippen molar-refractivity contribution < 1.29 is 9.53 Å². The van der Waals surface area contributed by atoms with Gasteiger partial charge in [-0.3, -0.25) is 0 Å². The highest BCUT2D eigenvalue weighted by molar-refractivity contribution is 5.70. The Bertz CT molecular complexity index is 213. The molecule has 2 aliphatic rings. The summed E-state index contributed by atoms with van der Waals surface area (Å²) in [6, 6.07) is 0.283. The highest BCUT2D eigenvalue weighted by atomic mass is 16.6. The molecule has 2 fully saturated rings.